The normalized spacial score (nSPS) is 29.0. The zero-order valence-electron chi connectivity index (χ0n) is 23.8. The molecular formula is C29H32N4O8S. The molecule has 3 aliphatic carbocycles. The number of hydrogen-bond acceptors (Lipinski definition) is 12. The molecule has 6 atom stereocenters. The number of anilines is 1. The molecule has 2 aromatic rings. The van der Waals surface area contributed by atoms with Crippen LogP contribution in [0, 0.1) is 23.7 Å². The van der Waals surface area contributed by atoms with Gasteiger partial charge in [0.25, 0.3) is 0 Å². The number of nitrogens with zero attached hydrogens (tertiary/aromatic N) is 3. The highest BCUT2D eigenvalue weighted by molar-refractivity contribution is 7.17. The van der Waals surface area contributed by atoms with Crippen LogP contribution in [0.1, 0.15) is 27.2 Å². The van der Waals surface area contributed by atoms with Crippen LogP contribution in [-0.2, 0) is 30.4 Å². The minimum Gasteiger partial charge on any atom is -0.506 e. The second-order valence-corrected chi connectivity index (χ2v) is 12.6. The molecule has 222 valence electrons. The number of benzene rings is 1. The van der Waals surface area contributed by atoms with Gasteiger partial charge < -0.3 is 25.7 Å². The van der Waals surface area contributed by atoms with E-state index >= 15 is 0 Å². The minimum atomic E-state index is -2.77. The first-order valence-corrected chi connectivity index (χ1v) is 14.1. The average molecular weight is 597 g/mol. The van der Waals surface area contributed by atoms with Gasteiger partial charge in [-0.2, -0.15) is 0 Å². The average Bonchev–Trinajstić information content (AvgIpc) is 3.37. The molecule has 13 heteroatoms. The molecule has 1 heterocycles. The molecule has 0 bridgehead atoms. The van der Waals surface area contributed by atoms with Gasteiger partial charge in [0.05, 0.1) is 23.7 Å². The first-order valence-electron chi connectivity index (χ1n) is 13.3. The Morgan fingerprint density at radius 1 is 1.17 bits per heavy atom. The predicted octanol–water partition coefficient (Wildman–Crippen LogP) is 0.642. The number of amides is 1. The van der Waals surface area contributed by atoms with E-state index in [1.165, 1.54) is 29.6 Å². The Morgan fingerprint density at radius 3 is 2.45 bits per heavy atom. The number of rotatable bonds is 6. The van der Waals surface area contributed by atoms with Crippen molar-refractivity contribution in [2.45, 2.75) is 24.5 Å². The molecule has 0 spiro atoms. The number of primary amides is 1. The molecule has 1 amide bonds. The van der Waals surface area contributed by atoms with Crippen molar-refractivity contribution in [1.29, 1.82) is 0 Å². The van der Waals surface area contributed by atoms with Crippen molar-refractivity contribution >= 4 is 52.3 Å². The number of thiophene rings is 1. The topological polar surface area (TPSA) is 180 Å². The number of fused-ring (bicyclic) bond motifs is 3. The SMILES string of the molecule is CO/N=C\c1ccc(-c2cc(N(C)C)c3c(c2O)C(=O)C2C(=O)C4(O)C(=O)C(C(N)=O)C(=O)C(N(C)C)C4CC2C3)s1. The van der Waals surface area contributed by atoms with Crippen LogP contribution < -0.4 is 10.6 Å². The molecule has 3 aliphatic rings. The lowest BCUT2D eigenvalue weighted by atomic mass is 9.52. The molecule has 0 saturated heterocycles. The molecule has 6 unspecified atom stereocenters. The molecule has 42 heavy (non-hydrogen) atoms. The molecule has 0 aliphatic heterocycles. The van der Waals surface area contributed by atoms with Crippen LogP contribution in [0.5, 0.6) is 5.75 Å². The Kier molecular flexibility index (Phi) is 7.32. The fourth-order valence-electron chi connectivity index (χ4n) is 6.91. The molecule has 5 rings (SSSR count). The Labute approximate surface area is 245 Å². The van der Waals surface area contributed by atoms with Gasteiger partial charge in [-0.05, 0) is 56.6 Å². The zero-order chi connectivity index (χ0) is 30.8. The van der Waals surface area contributed by atoms with Crippen LogP contribution >= 0.6 is 11.3 Å². The van der Waals surface area contributed by atoms with Gasteiger partial charge in [0.2, 0.25) is 5.91 Å². The summed E-state index contributed by atoms with van der Waals surface area (Å²) >= 11 is 1.31. The monoisotopic (exact) mass is 596 g/mol. The summed E-state index contributed by atoms with van der Waals surface area (Å²) in [5.74, 6) is -10.7. The van der Waals surface area contributed by atoms with E-state index in [1.807, 2.05) is 4.90 Å². The van der Waals surface area contributed by atoms with Crippen LogP contribution in [0.25, 0.3) is 10.4 Å². The number of likely N-dealkylation sites (N-methyl/N-ethyl adjacent to an activating group) is 1. The van der Waals surface area contributed by atoms with E-state index in [-0.39, 0.29) is 24.2 Å². The number of aromatic hydroxyl groups is 1. The maximum absolute atomic E-state index is 14.2. The number of phenols is 1. The summed E-state index contributed by atoms with van der Waals surface area (Å²) in [5.41, 5.74) is 4.13. The summed E-state index contributed by atoms with van der Waals surface area (Å²) in [6.07, 6.45) is 1.69. The minimum absolute atomic E-state index is 0.00754. The predicted molar refractivity (Wildman–Crippen MR) is 154 cm³/mol. The summed E-state index contributed by atoms with van der Waals surface area (Å²) in [5, 5.41) is 27.0. The first kappa shape index (κ1) is 29.5. The van der Waals surface area contributed by atoms with Gasteiger partial charge in [-0.3, -0.25) is 28.9 Å². The van der Waals surface area contributed by atoms with Crippen molar-refractivity contribution in [3.63, 3.8) is 0 Å². The van der Waals surface area contributed by atoms with Gasteiger partial charge in [0.15, 0.2) is 34.7 Å². The number of carbonyl (C=O) groups excluding carboxylic acids is 5. The lowest BCUT2D eigenvalue weighted by Crippen LogP contribution is -2.74. The maximum Gasteiger partial charge on any atom is 0.235 e. The van der Waals surface area contributed by atoms with Gasteiger partial charge in [0.1, 0.15) is 12.9 Å². The van der Waals surface area contributed by atoms with Gasteiger partial charge >= 0.3 is 0 Å². The van der Waals surface area contributed by atoms with Crippen LogP contribution in [-0.4, -0.2) is 97.3 Å². The van der Waals surface area contributed by atoms with Crippen molar-refractivity contribution in [2.24, 2.45) is 34.6 Å². The zero-order valence-corrected chi connectivity index (χ0v) is 24.6. The third kappa shape index (κ3) is 4.17. The Hall–Kier alpha value is -3.94. The molecule has 12 nitrogen and oxygen atoms in total. The van der Waals surface area contributed by atoms with Crippen molar-refractivity contribution in [3.8, 4) is 16.2 Å². The summed E-state index contributed by atoms with van der Waals surface area (Å²) in [6.45, 7) is 0. The summed E-state index contributed by atoms with van der Waals surface area (Å²) < 4.78 is 0. The highest BCUT2D eigenvalue weighted by Crippen LogP contribution is 2.53. The standard InChI is InChI=1S/C29H32N4O8S/c1-32(2)17-10-15(18-7-6-13(42-18)11-31-41-5)23(34)20-14(17)8-12-9-16-22(33(3)4)25(36)21(28(30)39)27(38)29(16,40)26(37)19(12)24(20)35/h6-7,10-12,16,19,21-22,34,40H,8-9H2,1-5H3,(H2,30,39)/b31-11-. The number of carbonyl (C=O) groups is 5. The van der Waals surface area contributed by atoms with Crippen LogP contribution in [0.2, 0.25) is 0 Å². The molecule has 1 aromatic carbocycles. The second-order valence-electron chi connectivity index (χ2n) is 11.4. The van der Waals surface area contributed by atoms with Gasteiger partial charge in [-0.25, -0.2) is 0 Å². The fourth-order valence-corrected chi connectivity index (χ4v) is 7.80. The van der Waals surface area contributed by atoms with Gasteiger partial charge in [-0.1, -0.05) is 5.16 Å². The molecular weight excluding hydrogens is 564 g/mol. The Morgan fingerprint density at radius 2 is 1.86 bits per heavy atom. The number of aliphatic hydroxyl groups is 1. The highest BCUT2D eigenvalue weighted by atomic mass is 32.1. The van der Waals surface area contributed by atoms with Crippen molar-refractivity contribution < 1.29 is 39.0 Å². The van der Waals surface area contributed by atoms with Crippen molar-refractivity contribution in [1.82, 2.24) is 4.90 Å². The van der Waals surface area contributed by atoms with Crippen molar-refractivity contribution in [2.75, 3.05) is 40.2 Å². The largest absolute Gasteiger partial charge is 0.506 e. The van der Waals surface area contributed by atoms with E-state index in [9.17, 15) is 34.2 Å². The quantitative estimate of drug-likeness (QED) is 0.243. The maximum atomic E-state index is 14.2. The van der Waals surface area contributed by atoms with Gasteiger partial charge in [0, 0.05) is 41.0 Å². The Bertz CT molecular complexity index is 1560. The number of hydrogen-bond donors (Lipinski definition) is 3. The highest BCUT2D eigenvalue weighted by Gasteiger charge is 2.69. The first-order chi connectivity index (χ1) is 19.7. The van der Waals surface area contributed by atoms with E-state index in [2.05, 4.69) is 5.16 Å². The number of oxime groups is 1. The van der Waals surface area contributed by atoms with Crippen LogP contribution in [0.15, 0.2) is 23.4 Å². The smallest absolute Gasteiger partial charge is 0.235 e. The van der Waals surface area contributed by atoms with Gasteiger partial charge in [-0.15, -0.1) is 11.3 Å². The Balaban J connectivity index is 1.66. The summed E-state index contributed by atoms with van der Waals surface area (Å²) in [7, 11) is 8.12. The van der Waals surface area contributed by atoms with Crippen LogP contribution in [0.4, 0.5) is 5.69 Å². The fraction of sp³-hybridized carbons (Fsp3) is 0.448. The lowest BCUT2D eigenvalue weighted by Gasteiger charge is -2.52. The van der Waals surface area contributed by atoms with Crippen molar-refractivity contribution in [3.05, 3.63) is 34.2 Å². The van der Waals surface area contributed by atoms with E-state index in [0.717, 1.165) is 4.88 Å². The summed E-state index contributed by atoms with van der Waals surface area (Å²) in [4.78, 5) is 76.6. The molecule has 1 aromatic heterocycles. The number of phenolic OH excluding ortho intramolecular Hbond substituents is 1. The number of Topliss-reactive ketones (excluding diaryl/α,β-unsaturated/α-hetero) is 4. The molecule has 2 fully saturated rings. The second kappa shape index (κ2) is 10.4. The summed E-state index contributed by atoms with van der Waals surface area (Å²) in [6, 6.07) is 4.17. The lowest BCUT2D eigenvalue weighted by molar-refractivity contribution is -0.181. The van der Waals surface area contributed by atoms with E-state index in [4.69, 9.17) is 10.6 Å². The number of nitrogens with two attached hydrogens (primary N) is 1. The number of ketones is 4. The van der Waals surface area contributed by atoms with E-state index in [1.54, 1.807) is 46.4 Å². The van der Waals surface area contributed by atoms with E-state index in [0.29, 0.717) is 21.7 Å². The third-order valence-corrected chi connectivity index (χ3v) is 9.75. The third-order valence-electron chi connectivity index (χ3n) is 8.70. The molecule has 4 N–H and O–H groups in total. The molecule has 0 radical (unpaired) electrons. The molecule has 2 saturated carbocycles. The van der Waals surface area contributed by atoms with Crippen LogP contribution in [0.3, 0.4) is 0 Å². The van der Waals surface area contributed by atoms with E-state index < -0.39 is 64.4 Å².